The third kappa shape index (κ3) is 2.55. The Bertz CT molecular complexity index is 329. The molecule has 0 aromatic carbocycles. The maximum atomic E-state index is 11.3. The number of nitrogens with zero attached hydrogens (tertiary/aromatic N) is 2. The van der Waals surface area contributed by atoms with Crippen LogP contribution in [0.1, 0.15) is 19.8 Å². The summed E-state index contributed by atoms with van der Waals surface area (Å²) in [5.41, 5.74) is 2.47. The molecular formula is C8H10N4O2. The minimum Gasteiger partial charge on any atom is -0.335 e. The summed E-state index contributed by atoms with van der Waals surface area (Å²) in [6.07, 6.45) is 0.572. The molecule has 1 aliphatic rings. The molecule has 2 N–H and O–H groups in total. The lowest BCUT2D eigenvalue weighted by atomic mass is 10.1. The number of hydrogen-bond donors (Lipinski definition) is 2. The molecule has 0 saturated heterocycles. The summed E-state index contributed by atoms with van der Waals surface area (Å²) in [6, 6.07) is 1.32. The highest BCUT2D eigenvalue weighted by Crippen LogP contribution is 1.99. The predicted molar refractivity (Wildman–Crippen MR) is 48.0 cm³/mol. The topological polar surface area (TPSA) is 94.3 Å². The second-order valence-electron chi connectivity index (χ2n) is 2.92. The van der Waals surface area contributed by atoms with E-state index in [1.165, 1.54) is 0 Å². The number of nitrogens with one attached hydrogen (secondary N) is 2. The van der Waals surface area contributed by atoms with Crippen LogP contribution in [0.25, 0.3) is 0 Å². The zero-order chi connectivity index (χ0) is 10.6. The van der Waals surface area contributed by atoms with Gasteiger partial charge in [-0.25, -0.2) is 5.43 Å². The van der Waals surface area contributed by atoms with Gasteiger partial charge in [-0.05, 0) is 6.92 Å². The summed E-state index contributed by atoms with van der Waals surface area (Å²) in [6.45, 7) is 1.57. The van der Waals surface area contributed by atoms with E-state index >= 15 is 0 Å². The van der Waals surface area contributed by atoms with Crippen molar-refractivity contribution in [1.82, 2.24) is 10.7 Å². The highest BCUT2D eigenvalue weighted by atomic mass is 16.2. The van der Waals surface area contributed by atoms with Crippen LogP contribution in [0.15, 0.2) is 5.10 Å². The van der Waals surface area contributed by atoms with E-state index in [1.54, 1.807) is 6.92 Å². The van der Waals surface area contributed by atoms with Crippen LogP contribution in [-0.2, 0) is 9.59 Å². The maximum absolute atomic E-state index is 11.3. The van der Waals surface area contributed by atoms with E-state index in [9.17, 15) is 9.59 Å². The molecule has 2 amide bonds. The Labute approximate surface area is 81.0 Å². The minimum absolute atomic E-state index is 0.199. The van der Waals surface area contributed by atoms with Crippen molar-refractivity contribution in [2.45, 2.75) is 25.8 Å². The number of nitriles is 1. The molecule has 1 atom stereocenters. The molecule has 0 aromatic rings. The summed E-state index contributed by atoms with van der Waals surface area (Å²) < 4.78 is 0. The summed E-state index contributed by atoms with van der Waals surface area (Å²) >= 11 is 0. The molecule has 0 fully saturated rings. The van der Waals surface area contributed by atoms with Crippen LogP contribution < -0.4 is 10.7 Å². The number of hydrazone groups is 1. The molecule has 0 radical (unpaired) electrons. The Balaban J connectivity index is 2.54. The van der Waals surface area contributed by atoms with Gasteiger partial charge in [-0.15, -0.1) is 0 Å². The van der Waals surface area contributed by atoms with E-state index in [-0.39, 0.29) is 18.0 Å². The van der Waals surface area contributed by atoms with Crippen molar-refractivity contribution < 1.29 is 9.59 Å². The van der Waals surface area contributed by atoms with Gasteiger partial charge in [-0.2, -0.15) is 10.4 Å². The Kier molecular flexibility index (Phi) is 3.18. The van der Waals surface area contributed by atoms with Gasteiger partial charge in [0.05, 0.1) is 6.07 Å². The Morgan fingerprint density at radius 1 is 1.71 bits per heavy atom. The fourth-order valence-corrected chi connectivity index (χ4v) is 0.950. The van der Waals surface area contributed by atoms with Gasteiger partial charge in [0, 0.05) is 12.8 Å². The minimum atomic E-state index is -0.553. The molecular weight excluding hydrogens is 184 g/mol. The monoisotopic (exact) mass is 194 g/mol. The first kappa shape index (κ1) is 10.2. The van der Waals surface area contributed by atoms with E-state index in [1.807, 2.05) is 6.07 Å². The molecule has 1 rings (SSSR count). The van der Waals surface area contributed by atoms with Crippen LogP contribution in [-0.4, -0.2) is 23.6 Å². The average molecular weight is 194 g/mol. The van der Waals surface area contributed by atoms with E-state index in [4.69, 9.17) is 5.26 Å². The predicted octanol–water partition coefficient (Wildman–Crippen LogP) is -0.719. The number of carbonyl (C=O) groups excluding carboxylic acids is 2. The van der Waals surface area contributed by atoms with Crippen molar-refractivity contribution in [2.75, 3.05) is 0 Å². The smallest absolute Gasteiger partial charge is 0.268 e. The zero-order valence-electron chi connectivity index (χ0n) is 7.70. The zero-order valence-corrected chi connectivity index (χ0v) is 7.70. The Hall–Kier alpha value is -1.90. The standard InChI is InChI=1S/C8H10N4O2/c1-5(4-9)10-8(14)6-2-3-7(13)12-11-6/h5H,2-3H2,1H3,(H,10,14)(H,12,13). The summed E-state index contributed by atoms with van der Waals surface area (Å²) in [4.78, 5) is 22.0. The van der Waals surface area contributed by atoms with E-state index in [0.717, 1.165) is 0 Å². The van der Waals surface area contributed by atoms with E-state index in [0.29, 0.717) is 6.42 Å². The quantitative estimate of drug-likeness (QED) is 0.607. The van der Waals surface area contributed by atoms with Gasteiger partial charge in [0.1, 0.15) is 11.8 Å². The number of carbonyl (C=O) groups is 2. The van der Waals surface area contributed by atoms with Gasteiger partial charge < -0.3 is 5.32 Å². The molecule has 14 heavy (non-hydrogen) atoms. The molecule has 74 valence electrons. The van der Waals surface area contributed by atoms with Crippen LogP contribution in [0.2, 0.25) is 0 Å². The highest BCUT2D eigenvalue weighted by molar-refractivity contribution is 6.39. The molecule has 0 bridgehead atoms. The van der Waals surface area contributed by atoms with Gasteiger partial charge in [-0.3, -0.25) is 9.59 Å². The largest absolute Gasteiger partial charge is 0.335 e. The lowest BCUT2D eigenvalue weighted by molar-refractivity contribution is -0.121. The van der Waals surface area contributed by atoms with Crippen molar-refractivity contribution in [3.63, 3.8) is 0 Å². The maximum Gasteiger partial charge on any atom is 0.268 e. The van der Waals surface area contributed by atoms with Crippen LogP contribution in [0.4, 0.5) is 0 Å². The first-order valence-corrected chi connectivity index (χ1v) is 4.19. The first-order chi connectivity index (χ1) is 6.63. The van der Waals surface area contributed by atoms with Gasteiger partial charge in [0.2, 0.25) is 5.91 Å². The first-order valence-electron chi connectivity index (χ1n) is 4.19. The Morgan fingerprint density at radius 3 is 2.93 bits per heavy atom. The molecule has 6 nitrogen and oxygen atoms in total. The molecule has 1 unspecified atom stereocenters. The number of hydrogen-bond acceptors (Lipinski definition) is 4. The average Bonchev–Trinajstić information content (AvgIpc) is 2.18. The molecule has 1 heterocycles. The molecule has 1 aliphatic heterocycles. The van der Waals surface area contributed by atoms with Gasteiger partial charge in [0.25, 0.3) is 5.91 Å². The van der Waals surface area contributed by atoms with Crippen molar-refractivity contribution in [1.29, 1.82) is 5.26 Å². The van der Waals surface area contributed by atoms with Crippen molar-refractivity contribution in [3.8, 4) is 6.07 Å². The van der Waals surface area contributed by atoms with Gasteiger partial charge in [-0.1, -0.05) is 0 Å². The van der Waals surface area contributed by atoms with Gasteiger partial charge >= 0.3 is 0 Å². The van der Waals surface area contributed by atoms with Crippen LogP contribution in [0.3, 0.4) is 0 Å². The molecule has 0 saturated carbocycles. The van der Waals surface area contributed by atoms with Crippen LogP contribution >= 0.6 is 0 Å². The lowest BCUT2D eigenvalue weighted by Gasteiger charge is -2.12. The second kappa shape index (κ2) is 4.37. The molecule has 0 aliphatic carbocycles. The third-order valence-electron chi connectivity index (χ3n) is 1.71. The van der Waals surface area contributed by atoms with Crippen molar-refractivity contribution in [2.24, 2.45) is 5.10 Å². The molecule has 0 aromatic heterocycles. The van der Waals surface area contributed by atoms with E-state index < -0.39 is 11.9 Å². The van der Waals surface area contributed by atoms with Crippen molar-refractivity contribution in [3.05, 3.63) is 0 Å². The fraction of sp³-hybridized carbons (Fsp3) is 0.500. The Morgan fingerprint density at radius 2 is 2.43 bits per heavy atom. The van der Waals surface area contributed by atoms with Crippen molar-refractivity contribution >= 4 is 17.5 Å². The lowest BCUT2D eigenvalue weighted by Crippen LogP contribution is -2.40. The van der Waals surface area contributed by atoms with Crippen LogP contribution in [0, 0.1) is 11.3 Å². The van der Waals surface area contributed by atoms with E-state index in [2.05, 4.69) is 15.8 Å². The summed E-state index contributed by atoms with van der Waals surface area (Å²) in [5, 5.41) is 14.5. The highest BCUT2D eigenvalue weighted by Gasteiger charge is 2.19. The summed E-state index contributed by atoms with van der Waals surface area (Å²) in [7, 11) is 0. The summed E-state index contributed by atoms with van der Waals surface area (Å²) in [5.74, 6) is -0.603. The molecule has 6 heteroatoms. The van der Waals surface area contributed by atoms with Crippen LogP contribution in [0.5, 0.6) is 0 Å². The normalized spacial score (nSPS) is 17.4. The SMILES string of the molecule is CC(C#N)NC(=O)C1=NNC(=O)CC1. The number of amides is 2. The fourth-order valence-electron chi connectivity index (χ4n) is 0.950. The molecule has 0 spiro atoms. The number of rotatable bonds is 2. The second-order valence-corrected chi connectivity index (χ2v) is 2.92. The van der Waals surface area contributed by atoms with Gasteiger partial charge in [0.15, 0.2) is 0 Å². The third-order valence-corrected chi connectivity index (χ3v) is 1.71.